The summed E-state index contributed by atoms with van der Waals surface area (Å²) < 4.78 is 0. The smallest absolute Gasteiger partial charge is 0.223 e. The van der Waals surface area contributed by atoms with Crippen LogP contribution in [0.2, 0.25) is 0 Å². The van der Waals surface area contributed by atoms with E-state index in [0.717, 1.165) is 17.3 Å². The molecule has 0 radical (unpaired) electrons. The number of hydrogen-bond acceptors (Lipinski definition) is 3. The molecule has 0 fully saturated rings. The van der Waals surface area contributed by atoms with Gasteiger partial charge in [0.05, 0.1) is 0 Å². The fraction of sp³-hybridized carbons (Fsp3) is 0.556. The van der Waals surface area contributed by atoms with Crippen molar-refractivity contribution in [3.05, 3.63) is 17.5 Å². The van der Waals surface area contributed by atoms with Gasteiger partial charge in [0.1, 0.15) is 0 Å². The third-order valence-corrected chi connectivity index (χ3v) is 1.40. The Labute approximate surface area is 74.7 Å². The summed E-state index contributed by atoms with van der Waals surface area (Å²) in [6.45, 7) is 8.09. The Hall–Kier alpha value is -1.12. The molecule has 0 spiro atoms. The quantitative estimate of drug-likeness (QED) is 0.733. The minimum atomic E-state index is 0. The minimum Gasteiger partial charge on any atom is -0.352 e. The number of nitrogens with one attached hydrogen (secondary N) is 1. The number of nitrogens with zero attached hydrogens (tertiary/aromatic N) is 2. The van der Waals surface area contributed by atoms with Crippen LogP contribution in [0.15, 0.2) is 6.07 Å². The van der Waals surface area contributed by atoms with E-state index in [1.54, 1.807) is 0 Å². The highest BCUT2D eigenvalue weighted by molar-refractivity contribution is 5.28. The van der Waals surface area contributed by atoms with Gasteiger partial charge in [0.25, 0.3) is 0 Å². The molecule has 0 bridgehead atoms. The molecule has 0 amide bonds. The number of anilines is 1. The number of aromatic nitrogens is 2. The molecule has 0 saturated carbocycles. The molecule has 0 aliphatic carbocycles. The number of aryl methyl sites for hydroxylation is 2. The minimum absolute atomic E-state index is 0. The maximum absolute atomic E-state index is 4.25. The van der Waals surface area contributed by atoms with Crippen molar-refractivity contribution < 1.29 is 1.43 Å². The first-order chi connectivity index (χ1) is 5.58. The van der Waals surface area contributed by atoms with Gasteiger partial charge in [-0.1, -0.05) is 0 Å². The molecule has 1 N–H and O–H groups in total. The fourth-order valence-corrected chi connectivity index (χ4v) is 1.05. The van der Waals surface area contributed by atoms with E-state index in [1.165, 1.54) is 0 Å². The zero-order valence-electron chi connectivity index (χ0n) is 8.05. The molecule has 68 valence electrons. The van der Waals surface area contributed by atoms with Gasteiger partial charge >= 0.3 is 0 Å². The molecule has 1 aromatic heterocycles. The second-order valence-electron chi connectivity index (χ2n) is 3.27. The van der Waals surface area contributed by atoms with Gasteiger partial charge in [-0.2, -0.15) is 0 Å². The Balaban J connectivity index is 0.00000144. The lowest BCUT2D eigenvalue weighted by molar-refractivity contribution is 0.866. The summed E-state index contributed by atoms with van der Waals surface area (Å²) in [6.07, 6.45) is 0. The molecular formula is C9H17N3. The number of hydrogen-bond donors (Lipinski definition) is 1. The zero-order chi connectivity index (χ0) is 9.14. The highest BCUT2D eigenvalue weighted by Gasteiger charge is 1.99. The summed E-state index contributed by atoms with van der Waals surface area (Å²) in [5, 5.41) is 3.16. The van der Waals surface area contributed by atoms with Gasteiger partial charge in [0.2, 0.25) is 5.95 Å². The standard InChI is InChI=1S/C9H15N3.H2/c1-6(2)10-9-11-7(3)5-8(4)12-9;/h5-6H,1-4H3,(H,10,11,12);1H. The summed E-state index contributed by atoms with van der Waals surface area (Å²) in [4.78, 5) is 8.50. The van der Waals surface area contributed by atoms with Crippen molar-refractivity contribution in [2.45, 2.75) is 33.7 Å². The van der Waals surface area contributed by atoms with Gasteiger partial charge in [-0.3, -0.25) is 0 Å². The van der Waals surface area contributed by atoms with Crippen LogP contribution in [0.25, 0.3) is 0 Å². The molecule has 1 rings (SSSR count). The number of rotatable bonds is 2. The Morgan fingerprint density at radius 1 is 1.25 bits per heavy atom. The van der Waals surface area contributed by atoms with Crippen LogP contribution in [0.1, 0.15) is 26.7 Å². The van der Waals surface area contributed by atoms with Crippen molar-refractivity contribution in [3.8, 4) is 0 Å². The average Bonchev–Trinajstić information content (AvgIpc) is 1.81. The van der Waals surface area contributed by atoms with E-state index in [0.29, 0.717) is 6.04 Å². The Morgan fingerprint density at radius 2 is 1.75 bits per heavy atom. The van der Waals surface area contributed by atoms with E-state index in [2.05, 4.69) is 29.1 Å². The molecular weight excluding hydrogens is 150 g/mol. The summed E-state index contributed by atoms with van der Waals surface area (Å²) in [5.74, 6) is 0.725. The summed E-state index contributed by atoms with van der Waals surface area (Å²) in [5.41, 5.74) is 2.01. The van der Waals surface area contributed by atoms with Crippen LogP contribution in [0.4, 0.5) is 5.95 Å². The van der Waals surface area contributed by atoms with Crippen LogP contribution < -0.4 is 5.32 Å². The summed E-state index contributed by atoms with van der Waals surface area (Å²) >= 11 is 0. The van der Waals surface area contributed by atoms with E-state index in [1.807, 2.05) is 19.9 Å². The van der Waals surface area contributed by atoms with E-state index >= 15 is 0 Å². The highest BCUT2D eigenvalue weighted by Crippen LogP contribution is 2.04. The van der Waals surface area contributed by atoms with Gasteiger partial charge in [0.15, 0.2) is 0 Å². The first kappa shape index (κ1) is 8.97. The van der Waals surface area contributed by atoms with Gasteiger partial charge < -0.3 is 5.32 Å². The van der Waals surface area contributed by atoms with Crippen LogP contribution in [0, 0.1) is 13.8 Å². The molecule has 12 heavy (non-hydrogen) atoms. The third-order valence-electron chi connectivity index (χ3n) is 1.40. The van der Waals surface area contributed by atoms with Crippen LogP contribution in [0.3, 0.4) is 0 Å². The van der Waals surface area contributed by atoms with Crippen LogP contribution >= 0.6 is 0 Å². The van der Waals surface area contributed by atoms with Crippen LogP contribution in [-0.4, -0.2) is 16.0 Å². The van der Waals surface area contributed by atoms with Crippen molar-refractivity contribution in [1.29, 1.82) is 0 Å². The first-order valence-corrected chi connectivity index (χ1v) is 4.17. The predicted molar refractivity (Wildman–Crippen MR) is 52.4 cm³/mol. The van der Waals surface area contributed by atoms with Crippen LogP contribution in [0.5, 0.6) is 0 Å². The molecule has 0 unspecified atom stereocenters. The molecule has 0 saturated heterocycles. The molecule has 0 aliphatic heterocycles. The predicted octanol–water partition coefficient (Wildman–Crippen LogP) is 2.16. The fourth-order valence-electron chi connectivity index (χ4n) is 1.05. The molecule has 1 aromatic rings. The normalized spacial score (nSPS) is 10.4. The Bertz CT molecular complexity index is 253. The SMILES string of the molecule is Cc1cc(C)nc(NC(C)C)n1.[HH]. The average molecular weight is 167 g/mol. The van der Waals surface area contributed by atoms with Crippen molar-refractivity contribution >= 4 is 5.95 Å². The molecule has 0 aliphatic rings. The zero-order valence-corrected chi connectivity index (χ0v) is 8.05. The second-order valence-corrected chi connectivity index (χ2v) is 3.27. The molecule has 1 heterocycles. The van der Waals surface area contributed by atoms with Gasteiger partial charge in [-0.05, 0) is 33.8 Å². The van der Waals surface area contributed by atoms with E-state index in [9.17, 15) is 0 Å². The molecule has 3 nitrogen and oxygen atoms in total. The van der Waals surface area contributed by atoms with Crippen molar-refractivity contribution in [2.75, 3.05) is 5.32 Å². The lowest BCUT2D eigenvalue weighted by Gasteiger charge is -2.08. The van der Waals surface area contributed by atoms with E-state index in [4.69, 9.17) is 0 Å². The molecule has 3 heteroatoms. The van der Waals surface area contributed by atoms with Crippen molar-refractivity contribution in [1.82, 2.24) is 9.97 Å². The summed E-state index contributed by atoms with van der Waals surface area (Å²) in [6, 6.07) is 2.34. The maximum atomic E-state index is 4.25. The van der Waals surface area contributed by atoms with Gasteiger partial charge in [0, 0.05) is 18.9 Å². The summed E-state index contributed by atoms with van der Waals surface area (Å²) in [7, 11) is 0. The lowest BCUT2D eigenvalue weighted by Crippen LogP contribution is -2.13. The third kappa shape index (κ3) is 2.49. The topological polar surface area (TPSA) is 37.8 Å². The maximum Gasteiger partial charge on any atom is 0.223 e. The Kier molecular flexibility index (Phi) is 2.63. The van der Waals surface area contributed by atoms with Crippen molar-refractivity contribution in [2.24, 2.45) is 0 Å². The van der Waals surface area contributed by atoms with Gasteiger partial charge in [-0.25, -0.2) is 9.97 Å². The lowest BCUT2D eigenvalue weighted by atomic mass is 10.3. The van der Waals surface area contributed by atoms with E-state index < -0.39 is 0 Å². The van der Waals surface area contributed by atoms with Gasteiger partial charge in [-0.15, -0.1) is 0 Å². The largest absolute Gasteiger partial charge is 0.352 e. The van der Waals surface area contributed by atoms with E-state index in [-0.39, 0.29) is 1.43 Å². The first-order valence-electron chi connectivity index (χ1n) is 4.17. The molecule has 0 aromatic carbocycles. The second kappa shape index (κ2) is 3.52. The Morgan fingerprint density at radius 3 is 2.17 bits per heavy atom. The molecule has 0 atom stereocenters. The van der Waals surface area contributed by atoms with Crippen LogP contribution in [-0.2, 0) is 0 Å². The van der Waals surface area contributed by atoms with Crippen molar-refractivity contribution in [3.63, 3.8) is 0 Å². The highest BCUT2D eigenvalue weighted by atomic mass is 15.1. The monoisotopic (exact) mass is 167 g/mol.